The Kier molecular flexibility index (Phi) is 6.01. The summed E-state index contributed by atoms with van der Waals surface area (Å²) in [4.78, 5) is 12.0. The predicted molar refractivity (Wildman–Crippen MR) is 99.2 cm³/mol. The number of carbonyl (C=O) groups excluding carboxylic acids is 1. The highest BCUT2D eigenvalue weighted by Crippen LogP contribution is 2.21. The zero-order chi connectivity index (χ0) is 18.4. The van der Waals surface area contributed by atoms with E-state index in [-0.39, 0.29) is 18.3 Å². The Morgan fingerprint density at radius 3 is 2.73 bits per heavy atom. The van der Waals surface area contributed by atoms with E-state index in [0.717, 1.165) is 11.1 Å². The van der Waals surface area contributed by atoms with Gasteiger partial charge in [-0.2, -0.15) is 5.10 Å². The third kappa shape index (κ3) is 4.92. The molecule has 0 radical (unpaired) electrons. The number of halogens is 2. The molecule has 0 atom stereocenters. The first-order valence-corrected chi connectivity index (χ1v) is 8.80. The van der Waals surface area contributed by atoms with E-state index in [2.05, 4.69) is 26.3 Å². The molecule has 0 spiro atoms. The van der Waals surface area contributed by atoms with E-state index in [1.54, 1.807) is 12.3 Å². The van der Waals surface area contributed by atoms with Crippen molar-refractivity contribution in [3.63, 3.8) is 0 Å². The molecule has 3 aromatic rings. The number of rotatable bonds is 7. The largest absolute Gasteiger partial charge is 0.481 e. The Hall–Kier alpha value is -2.67. The fourth-order valence-electron chi connectivity index (χ4n) is 2.43. The van der Waals surface area contributed by atoms with Gasteiger partial charge in [0.15, 0.2) is 18.2 Å². The first-order valence-electron chi connectivity index (χ1n) is 8.00. The van der Waals surface area contributed by atoms with Crippen molar-refractivity contribution < 1.29 is 13.9 Å². The van der Waals surface area contributed by atoms with Crippen molar-refractivity contribution in [2.45, 2.75) is 13.1 Å². The minimum Gasteiger partial charge on any atom is -0.481 e. The van der Waals surface area contributed by atoms with E-state index >= 15 is 0 Å². The number of ether oxygens (including phenoxy) is 1. The number of aromatic nitrogens is 2. The number of benzene rings is 2. The van der Waals surface area contributed by atoms with Crippen LogP contribution in [0.4, 0.5) is 4.39 Å². The molecular formula is C19H17BrFN3O2. The Bertz CT molecular complexity index is 884. The summed E-state index contributed by atoms with van der Waals surface area (Å²) in [6, 6.07) is 14.1. The normalized spacial score (nSPS) is 10.5. The van der Waals surface area contributed by atoms with Crippen LogP contribution in [0.3, 0.4) is 0 Å². The number of nitrogens with zero attached hydrogens (tertiary/aromatic N) is 2. The van der Waals surface area contributed by atoms with Gasteiger partial charge in [0, 0.05) is 23.4 Å². The van der Waals surface area contributed by atoms with Crippen LogP contribution in [0.1, 0.15) is 11.1 Å². The maximum absolute atomic E-state index is 13.7. The van der Waals surface area contributed by atoms with E-state index in [1.807, 2.05) is 41.2 Å². The molecule has 5 nitrogen and oxygen atoms in total. The van der Waals surface area contributed by atoms with E-state index in [9.17, 15) is 9.18 Å². The van der Waals surface area contributed by atoms with Gasteiger partial charge in [0.05, 0.1) is 6.54 Å². The highest BCUT2D eigenvalue weighted by molar-refractivity contribution is 9.10. The van der Waals surface area contributed by atoms with Crippen molar-refractivity contribution in [3.05, 3.63) is 82.3 Å². The summed E-state index contributed by atoms with van der Waals surface area (Å²) >= 11 is 3.17. The molecule has 3 rings (SSSR count). The molecule has 1 heterocycles. The molecule has 1 aromatic heterocycles. The van der Waals surface area contributed by atoms with Gasteiger partial charge in [-0.1, -0.05) is 40.2 Å². The second kappa shape index (κ2) is 8.62. The predicted octanol–water partition coefficient (Wildman–Crippen LogP) is 3.53. The second-order valence-corrected chi connectivity index (χ2v) is 6.53. The average Bonchev–Trinajstić information content (AvgIpc) is 3.13. The number of nitrogens with one attached hydrogen (secondary N) is 1. The second-order valence-electron chi connectivity index (χ2n) is 5.61. The standard InChI is InChI=1S/C19H17BrFN3O2/c20-16-6-7-18(17(21)10-16)26-13-19(25)22-11-14-4-1-2-5-15(14)12-24-9-3-8-23-24/h1-10H,11-13H2,(H,22,25). The van der Waals surface area contributed by atoms with Gasteiger partial charge in [-0.3, -0.25) is 9.48 Å². The Labute approximate surface area is 158 Å². The maximum atomic E-state index is 13.7. The van der Waals surface area contributed by atoms with Crippen LogP contribution in [0.25, 0.3) is 0 Å². The lowest BCUT2D eigenvalue weighted by Gasteiger charge is -2.12. The van der Waals surface area contributed by atoms with Crippen molar-refractivity contribution in [2.75, 3.05) is 6.61 Å². The number of carbonyl (C=O) groups is 1. The highest BCUT2D eigenvalue weighted by atomic mass is 79.9. The summed E-state index contributed by atoms with van der Waals surface area (Å²) in [7, 11) is 0. The van der Waals surface area contributed by atoms with Gasteiger partial charge >= 0.3 is 0 Å². The molecule has 0 unspecified atom stereocenters. The molecular weight excluding hydrogens is 401 g/mol. The molecule has 7 heteroatoms. The minimum atomic E-state index is -0.517. The molecule has 0 aliphatic carbocycles. The lowest BCUT2D eigenvalue weighted by atomic mass is 10.1. The van der Waals surface area contributed by atoms with Gasteiger partial charge in [-0.15, -0.1) is 0 Å². The first kappa shape index (κ1) is 18.1. The average molecular weight is 418 g/mol. The van der Waals surface area contributed by atoms with Crippen molar-refractivity contribution >= 4 is 21.8 Å². The molecule has 134 valence electrons. The van der Waals surface area contributed by atoms with Crippen LogP contribution < -0.4 is 10.1 Å². The maximum Gasteiger partial charge on any atom is 0.258 e. The Morgan fingerprint density at radius 2 is 2.00 bits per heavy atom. The molecule has 0 aliphatic rings. The number of hydrogen-bond donors (Lipinski definition) is 1. The lowest BCUT2D eigenvalue weighted by molar-refractivity contribution is -0.123. The van der Waals surface area contributed by atoms with Crippen LogP contribution in [0.2, 0.25) is 0 Å². The molecule has 0 saturated heterocycles. The topological polar surface area (TPSA) is 56.1 Å². The number of hydrogen-bond acceptors (Lipinski definition) is 3. The highest BCUT2D eigenvalue weighted by Gasteiger charge is 2.09. The van der Waals surface area contributed by atoms with Crippen LogP contribution in [0, 0.1) is 5.82 Å². The van der Waals surface area contributed by atoms with Gasteiger partial charge < -0.3 is 10.1 Å². The van der Waals surface area contributed by atoms with E-state index in [4.69, 9.17) is 4.74 Å². The first-order chi connectivity index (χ1) is 12.6. The van der Waals surface area contributed by atoms with E-state index in [0.29, 0.717) is 17.6 Å². The zero-order valence-corrected chi connectivity index (χ0v) is 15.4. The quantitative estimate of drug-likeness (QED) is 0.639. The van der Waals surface area contributed by atoms with Crippen LogP contribution in [-0.2, 0) is 17.9 Å². The zero-order valence-electron chi connectivity index (χ0n) is 13.9. The van der Waals surface area contributed by atoms with Crippen LogP contribution in [0.15, 0.2) is 65.4 Å². The smallest absolute Gasteiger partial charge is 0.258 e. The van der Waals surface area contributed by atoms with Gasteiger partial charge in [-0.05, 0) is 35.4 Å². The molecule has 2 aromatic carbocycles. The van der Waals surface area contributed by atoms with Gasteiger partial charge in [0.1, 0.15) is 0 Å². The summed E-state index contributed by atoms with van der Waals surface area (Å²) in [6.07, 6.45) is 3.61. The summed E-state index contributed by atoms with van der Waals surface area (Å²) in [6.45, 7) is 0.738. The molecule has 1 amide bonds. The third-order valence-electron chi connectivity index (χ3n) is 3.74. The van der Waals surface area contributed by atoms with Crippen LogP contribution in [-0.4, -0.2) is 22.3 Å². The summed E-state index contributed by atoms with van der Waals surface area (Å²) in [5, 5.41) is 6.99. The van der Waals surface area contributed by atoms with E-state index < -0.39 is 5.82 Å². The molecule has 0 fully saturated rings. The minimum absolute atomic E-state index is 0.0439. The molecule has 26 heavy (non-hydrogen) atoms. The number of amides is 1. The molecule has 1 N–H and O–H groups in total. The summed E-state index contributed by atoms with van der Waals surface area (Å²) in [5.74, 6) is -0.791. The van der Waals surface area contributed by atoms with Crippen LogP contribution in [0.5, 0.6) is 5.75 Å². The van der Waals surface area contributed by atoms with E-state index in [1.165, 1.54) is 12.1 Å². The van der Waals surface area contributed by atoms with Crippen molar-refractivity contribution in [1.82, 2.24) is 15.1 Å². The Morgan fingerprint density at radius 1 is 1.19 bits per heavy atom. The van der Waals surface area contributed by atoms with Crippen molar-refractivity contribution in [2.24, 2.45) is 0 Å². The molecule has 0 aliphatic heterocycles. The molecule has 0 saturated carbocycles. The monoisotopic (exact) mass is 417 g/mol. The van der Waals surface area contributed by atoms with Gasteiger partial charge in [-0.25, -0.2) is 4.39 Å². The fraction of sp³-hybridized carbons (Fsp3) is 0.158. The SMILES string of the molecule is O=C(COc1ccc(Br)cc1F)NCc1ccccc1Cn1cccn1. The molecule has 0 bridgehead atoms. The van der Waals surface area contributed by atoms with Gasteiger partial charge in [0.2, 0.25) is 0 Å². The summed E-state index contributed by atoms with van der Waals surface area (Å²) < 4.78 is 21.4. The van der Waals surface area contributed by atoms with Crippen molar-refractivity contribution in [3.8, 4) is 5.75 Å². The van der Waals surface area contributed by atoms with Crippen LogP contribution >= 0.6 is 15.9 Å². The fourth-order valence-corrected chi connectivity index (χ4v) is 2.77. The third-order valence-corrected chi connectivity index (χ3v) is 4.23. The van der Waals surface area contributed by atoms with Gasteiger partial charge in [0.25, 0.3) is 5.91 Å². The summed E-state index contributed by atoms with van der Waals surface area (Å²) in [5.41, 5.74) is 2.06. The van der Waals surface area contributed by atoms with Crippen molar-refractivity contribution in [1.29, 1.82) is 0 Å². The Balaban J connectivity index is 1.54. The lowest BCUT2D eigenvalue weighted by Crippen LogP contribution is -2.29.